The number of carbonyl (C=O) groups excluding carboxylic acids is 2. The molecule has 1 unspecified atom stereocenters. The average Bonchev–Trinajstić information content (AvgIpc) is 2.49. The zero-order chi connectivity index (χ0) is 18.3. The quantitative estimate of drug-likeness (QED) is 0.710. The summed E-state index contributed by atoms with van der Waals surface area (Å²) in [7, 11) is 0. The summed E-state index contributed by atoms with van der Waals surface area (Å²) in [5.41, 5.74) is 1.64. The Morgan fingerprint density at radius 2 is 1.67 bits per heavy atom. The third-order valence-corrected chi connectivity index (χ3v) is 3.59. The van der Waals surface area contributed by atoms with Crippen molar-refractivity contribution in [2.45, 2.75) is 39.5 Å². The topological polar surface area (TPSA) is 95.5 Å². The first-order valence-electron chi connectivity index (χ1n) is 7.97. The number of nitrogens with one attached hydrogen (secondary N) is 2. The molecule has 0 aliphatic carbocycles. The monoisotopic (exact) mass is 334 g/mol. The van der Waals surface area contributed by atoms with E-state index in [0.29, 0.717) is 5.56 Å². The fourth-order valence-electron chi connectivity index (χ4n) is 2.11. The van der Waals surface area contributed by atoms with Crippen molar-refractivity contribution in [2.24, 2.45) is 5.92 Å². The van der Waals surface area contributed by atoms with Gasteiger partial charge in [0.2, 0.25) is 5.91 Å². The van der Waals surface area contributed by atoms with Crippen LogP contribution in [-0.2, 0) is 15.0 Å². The second-order valence-electron chi connectivity index (χ2n) is 7.02. The number of amides is 2. The van der Waals surface area contributed by atoms with Crippen LogP contribution in [0.3, 0.4) is 0 Å². The number of benzene rings is 1. The minimum atomic E-state index is -0.899. The molecule has 1 aromatic rings. The summed E-state index contributed by atoms with van der Waals surface area (Å²) in [4.78, 5) is 34.2. The summed E-state index contributed by atoms with van der Waals surface area (Å²) in [6.07, 6.45) is -0.00718. The van der Waals surface area contributed by atoms with Gasteiger partial charge >= 0.3 is 5.97 Å². The molecule has 1 aromatic carbocycles. The van der Waals surface area contributed by atoms with Crippen LogP contribution in [0.25, 0.3) is 0 Å². The van der Waals surface area contributed by atoms with Gasteiger partial charge < -0.3 is 15.7 Å². The van der Waals surface area contributed by atoms with Gasteiger partial charge in [0.15, 0.2) is 0 Å². The van der Waals surface area contributed by atoms with E-state index in [1.54, 1.807) is 19.1 Å². The summed E-state index contributed by atoms with van der Waals surface area (Å²) >= 11 is 0. The number of carboxylic acids is 1. The van der Waals surface area contributed by atoms with Gasteiger partial charge in [-0.05, 0) is 29.0 Å². The van der Waals surface area contributed by atoms with Crippen LogP contribution in [0.1, 0.15) is 50.0 Å². The highest BCUT2D eigenvalue weighted by molar-refractivity contribution is 5.96. The Kier molecular flexibility index (Phi) is 6.95. The van der Waals surface area contributed by atoms with Gasteiger partial charge in [-0.25, -0.2) is 0 Å². The molecule has 0 saturated carbocycles. The van der Waals surface area contributed by atoms with E-state index >= 15 is 0 Å². The zero-order valence-electron chi connectivity index (χ0n) is 14.7. The SMILES string of the molecule is CC(CNC(=O)CNC(=O)c1ccc(C(C)(C)C)cc1)CC(=O)O. The Morgan fingerprint density at radius 1 is 1.08 bits per heavy atom. The standard InChI is InChI=1S/C18H26N2O4/c1-12(9-16(22)23)10-19-15(21)11-20-17(24)13-5-7-14(8-6-13)18(2,3)4/h5-8,12H,9-11H2,1-4H3,(H,19,21)(H,20,24)(H,22,23). The fraction of sp³-hybridized carbons (Fsp3) is 0.500. The minimum absolute atomic E-state index is 0.00718. The summed E-state index contributed by atoms with van der Waals surface area (Å²) in [5.74, 6) is -1.72. The maximum atomic E-state index is 12.0. The van der Waals surface area contributed by atoms with Gasteiger partial charge in [-0.3, -0.25) is 14.4 Å². The Balaban J connectivity index is 2.43. The molecular formula is C18H26N2O4. The van der Waals surface area contributed by atoms with Crippen LogP contribution in [0, 0.1) is 5.92 Å². The van der Waals surface area contributed by atoms with E-state index < -0.39 is 5.97 Å². The Bertz CT molecular complexity index is 588. The molecule has 0 radical (unpaired) electrons. The molecule has 0 aliphatic heterocycles. The molecule has 1 atom stereocenters. The zero-order valence-corrected chi connectivity index (χ0v) is 14.7. The predicted molar refractivity (Wildman–Crippen MR) is 91.9 cm³/mol. The Labute approximate surface area is 142 Å². The molecule has 0 spiro atoms. The lowest BCUT2D eigenvalue weighted by Crippen LogP contribution is -2.38. The molecule has 6 heteroatoms. The van der Waals surface area contributed by atoms with Gasteiger partial charge in [-0.15, -0.1) is 0 Å². The number of hydrogen-bond acceptors (Lipinski definition) is 3. The third kappa shape index (κ3) is 6.81. The van der Waals surface area contributed by atoms with Gasteiger partial charge in [0.1, 0.15) is 0 Å². The van der Waals surface area contributed by atoms with Crippen LogP contribution >= 0.6 is 0 Å². The first-order chi connectivity index (χ1) is 11.1. The molecule has 24 heavy (non-hydrogen) atoms. The van der Waals surface area contributed by atoms with Crippen LogP contribution in [0.15, 0.2) is 24.3 Å². The summed E-state index contributed by atoms with van der Waals surface area (Å²) in [6.45, 7) is 8.15. The smallest absolute Gasteiger partial charge is 0.303 e. The normalized spacial score (nSPS) is 12.3. The van der Waals surface area contributed by atoms with Gasteiger partial charge in [-0.1, -0.05) is 39.8 Å². The van der Waals surface area contributed by atoms with Crippen LogP contribution in [0.5, 0.6) is 0 Å². The summed E-state index contributed by atoms with van der Waals surface area (Å²) in [6, 6.07) is 7.29. The van der Waals surface area contributed by atoms with Crippen molar-refractivity contribution in [1.29, 1.82) is 0 Å². The van der Waals surface area contributed by atoms with Gasteiger partial charge in [0.25, 0.3) is 5.91 Å². The van der Waals surface area contributed by atoms with Gasteiger partial charge in [0, 0.05) is 18.5 Å². The molecular weight excluding hydrogens is 308 g/mol. The van der Waals surface area contributed by atoms with E-state index in [0.717, 1.165) is 5.56 Å². The molecule has 0 aliphatic rings. The molecule has 0 fully saturated rings. The highest BCUT2D eigenvalue weighted by atomic mass is 16.4. The molecule has 0 saturated heterocycles. The maximum absolute atomic E-state index is 12.0. The Morgan fingerprint density at radius 3 is 2.17 bits per heavy atom. The number of hydrogen-bond donors (Lipinski definition) is 3. The van der Waals surface area contributed by atoms with Crippen molar-refractivity contribution < 1.29 is 19.5 Å². The lowest BCUT2D eigenvalue weighted by atomic mass is 9.87. The van der Waals surface area contributed by atoms with Gasteiger partial charge in [0.05, 0.1) is 6.54 Å². The van der Waals surface area contributed by atoms with Crippen LogP contribution < -0.4 is 10.6 Å². The van der Waals surface area contributed by atoms with E-state index in [9.17, 15) is 14.4 Å². The van der Waals surface area contributed by atoms with Crippen molar-refractivity contribution in [2.75, 3.05) is 13.1 Å². The Hall–Kier alpha value is -2.37. The second kappa shape index (κ2) is 8.47. The van der Waals surface area contributed by atoms with E-state index in [1.165, 1.54) is 0 Å². The summed E-state index contributed by atoms with van der Waals surface area (Å²) in [5, 5.41) is 13.8. The lowest BCUT2D eigenvalue weighted by molar-refractivity contribution is -0.138. The van der Waals surface area contributed by atoms with Crippen molar-refractivity contribution in [3.8, 4) is 0 Å². The van der Waals surface area contributed by atoms with E-state index in [4.69, 9.17) is 5.11 Å². The average molecular weight is 334 g/mol. The van der Waals surface area contributed by atoms with Crippen LogP contribution in [0.4, 0.5) is 0 Å². The molecule has 0 heterocycles. The van der Waals surface area contributed by atoms with E-state index in [1.807, 2.05) is 12.1 Å². The van der Waals surface area contributed by atoms with Crippen LogP contribution in [0.2, 0.25) is 0 Å². The highest BCUT2D eigenvalue weighted by Gasteiger charge is 2.15. The fourth-order valence-corrected chi connectivity index (χ4v) is 2.11. The highest BCUT2D eigenvalue weighted by Crippen LogP contribution is 2.22. The van der Waals surface area contributed by atoms with Crippen molar-refractivity contribution in [3.05, 3.63) is 35.4 Å². The lowest BCUT2D eigenvalue weighted by Gasteiger charge is -2.19. The third-order valence-electron chi connectivity index (χ3n) is 3.59. The number of aliphatic carboxylic acids is 1. The molecule has 132 valence electrons. The number of rotatable bonds is 7. The first-order valence-corrected chi connectivity index (χ1v) is 7.97. The van der Waals surface area contributed by atoms with Crippen molar-refractivity contribution >= 4 is 17.8 Å². The maximum Gasteiger partial charge on any atom is 0.303 e. The molecule has 3 N–H and O–H groups in total. The largest absolute Gasteiger partial charge is 0.481 e. The van der Waals surface area contributed by atoms with E-state index in [2.05, 4.69) is 31.4 Å². The summed E-state index contributed by atoms with van der Waals surface area (Å²) < 4.78 is 0. The molecule has 1 rings (SSSR count). The number of carboxylic acid groups (broad SMARTS) is 1. The first kappa shape index (κ1) is 19.7. The molecule has 2 amide bonds. The number of carbonyl (C=O) groups is 3. The molecule has 6 nitrogen and oxygen atoms in total. The minimum Gasteiger partial charge on any atom is -0.481 e. The predicted octanol–water partition coefficient (Wildman–Crippen LogP) is 1.94. The molecule has 0 aromatic heterocycles. The van der Waals surface area contributed by atoms with Gasteiger partial charge in [-0.2, -0.15) is 0 Å². The van der Waals surface area contributed by atoms with Crippen molar-refractivity contribution in [3.63, 3.8) is 0 Å². The van der Waals surface area contributed by atoms with Crippen molar-refractivity contribution in [1.82, 2.24) is 10.6 Å². The second-order valence-corrected chi connectivity index (χ2v) is 7.02. The molecule has 0 bridgehead atoms. The van der Waals surface area contributed by atoms with Crippen LogP contribution in [-0.4, -0.2) is 36.0 Å². The van der Waals surface area contributed by atoms with E-state index in [-0.39, 0.29) is 42.7 Å².